The molecule has 2 aromatic rings. The lowest BCUT2D eigenvalue weighted by molar-refractivity contribution is 0.576. The van der Waals surface area contributed by atoms with Crippen LogP contribution in [0.5, 0.6) is 0 Å². The quantitative estimate of drug-likeness (QED) is 0.798. The van der Waals surface area contributed by atoms with Crippen molar-refractivity contribution in [2.75, 3.05) is 0 Å². The molecule has 0 spiro atoms. The fourth-order valence-corrected chi connectivity index (χ4v) is 2.18. The lowest BCUT2D eigenvalue weighted by Crippen LogP contribution is -2.24. The number of hydrogen-bond acceptors (Lipinski definition) is 5. The van der Waals surface area contributed by atoms with Crippen LogP contribution >= 0.6 is 0 Å². The largest absolute Gasteiger partial charge is 0.332 e. The molecule has 0 unspecified atom stereocenters. The fraction of sp³-hybridized carbons (Fsp3) is 0.222. The number of H-pyrrole nitrogens is 1. The van der Waals surface area contributed by atoms with E-state index in [9.17, 15) is 8.42 Å². The third kappa shape index (κ3) is 2.86. The van der Waals surface area contributed by atoms with Crippen LogP contribution < -0.4 is 4.72 Å². The number of nitrogens with zero attached hydrogens (tertiary/aromatic N) is 3. The maximum atomic E-state index is 11.8. The Bertz CT molecular complexity index is 593. The van der Waals surface area contributed by atoms with E-state index in [1.165, 1.54) is 12.4 Å². The molecule has 0 fully saturated rings. The maximum absolute atomic E-state index is 11.8. The Morgan fingerprint density at radius 1 is 1.47 bits per heavy atom. The summed E-state index contributed by atoms with van der Waals surface area (Å²) in [5, 5.41) is 7.48. The minimum atomic E-state index is -3.57. The van der Waals surface area contributed by atoms with Crippen molar-refractivity contribution in [1.29, 1.82) is 0 Å². The number of imidazole rings is 1. The van der Waals surface area contributed by atoms with Gasteiger partial charge in [-0.05, 0) is 19.1 Å². The number of hydrogen-bond donors (Lipinski definition) is 2. The fourth-order valence-electron chi connectivity index (χ4n) is 1.21. The van der Waals surface area contributed by atoms with Crippen molar-refractivity contribution in [3.63, 3.8) is 0 Å². The first kappa shape index (κ1) is 11.7. The van der Waals surface area contributed by atoms with Crippen LogP contribution in [0.25, 0.3) is 0 Å². The van der Waals surface area contributed by atoms with E-state index in [0.29, 0.717) is 11.5 Å². The van der Waals surface area contributed by atoms with E-state index >= 15 is 0 Å². The molecule has 0 atom stereocenters. The third-order valence-electron chi connectivity index (χ3n) is 2.04. The van der Waals surface area contributed by atoms with Crippen LogP contribution in [0.4, 0.5) is 0 Å². The summed E-state index contributed by atoms with van der Waals surface area (Å²) in [6, 6.07) is 3.38. The third-order valence-corrected chi connectivity index (χ3v) is 3.35. The number of nitrogens with one attached hydrogen (secondary N) is 2. The highest BCUT2D eigenvalue weighted by molar-refractivity contribution is 7.89. The molecule has 0 aromatic carbocycles. The number of sulfonamides is 1. The highest BCUT2D eigenvalue weighted by Crippen LogP contribution is 2.05. The molecule has 0 aliphatic heterocycles. The Morgan fingerprint density at radius 2 is 2.29 bits per heavy atom. The second-order valence-corrected chi connectivity index (χ2v) is 5.11. The first-order valence-corrected chi connectivity index (χ1v) is 6.34. The van der Waals surface area contributed by atoms with Crippen molar-refractivity contribution in [3.05, 3.63) is 36.0 Å². The minimum absolute atomic E-state index is 0.0406. The molecule has 0 aliphatic rings. The molecule has 2 rings (SSSR count). The van der Waals surface area contributed by atoms with Crippen molar-refractivity contribution in [1.82, 2.24) is 24.9 Å². The molecule has 2 aromatic heterocycles. The maximum Gasteiger partial charge on any atom is 0.257 e. The van der Waals surface area contributed by atoms with Crippen molar-refractivity contribution >= 4 is 10.0 Å². The number of aryl methyl sites for hydroxylation is 1. The summed E-state index contributed by atoms with van der Waals surface area (Å²) in [4.78, 5) is 6.49. The zero-order chi connectivity index (χ0) is 12.3. The highest BCUT2D eigenvalue weighted by Gasteiger charge is 2.16. The number of rotatable bonds is 4. The lowest BCUT2D eigenvalue weighted by Gasteiger charge is -2.03. The van der Waals surface area contributed by atoms with Gasteiger partial charge in [-0.15, -0.1) is 0 Å². The molecule has 2 heterocycles. The number of aromatic amines is 1. The van der Waals surface area contributed by atoms with Gasteiger partial charge < -0.3 is 4.98 Å². The van der Waals surface area contributed by atoms with Gasteiger partial charge >= 0.3 is 0 Å². The second kappa shape index (κ2) is 4.60. The second-order valence-electron chi connectivity index (χ2n) is 3.37. The Hall–Kier alpha value is -1.80. The Kier molecular flexibility index (Phi) is 3.16. The van der Waals surface area contributed by atoms with Crippen molar-refractivity contribution in [3.8, 4) is 0 Å². The van der Waals surface area contributed by atoms with E-state index < -0.39 is 10.0 Å². The molecule has 17 heavy (non-hydrogen) atoms. The van der Waals surface area contributed by atoms with E-state index in [0.717, 1.165) is 0 Å². The van der Waals surface area contributed by atoms with Crippen LogP contribution in [0.2, 0.25) is 0 Å². The van der Waals surface area contributed by atoms with Gasteiger partial charge in [-0.3, -0.25) is 0 Å². The summed E-state index contributed by atoms with van der Waals surface area (Å²) in [6.45, 7) is 1.77. The topological polar surface area (TPSA) is 101 Å². The molecular weight excluding hydrogens is 242 g/mol. The van der Waals surface area contributed by atoms with Gasteiger partial charge in [0.25, 0.3) is 10.0 Å². The van der Waals surface area contributed by atoms with Crippen LogP contribution in [-0.2, 0) is 16.6 Å². The van der Waals surface area contributed by atoms with E-state index in [4.69, 9.17) is 0 Å². The predicted molar refractivity (Wildman–Crippen MR) is 59.4 cm³/mol. The van der Waals surface area contributed by atoms with Crippen LogP contribution in [-0.4, -0.2) is 28.6 Å². The molecule has 0 saturated carbocycles. The van der Waals surface area contributed by atoms with Crippen LogP contribution in [0, 0.1) is 6.92 Å². The van der Waals surface area contributed by atoms with Gasteiger partial charge in [0.2, 0.25) is 0 Å². The Morgan fingerprint density at radius 3 is 2.88 bits per heavy atom. The van der Waals surface area contributed by atoms with Gasteiger partial charge in [-0.2, -0.15) is 10.2 Å². The molecule has 90 valence electrons. The van der Waals surface area contributed by atoms with Gasteiger partial charge in [0.1, 0.15) is 5.82 Å². The molecule has 8 heteroatoms. The normalized spacial score (nSPS) is 11.6. The predicted octanol–water partition coefficient (Wildman–Crippen LogP) is -0.0134. The summed E-state index contributed by atoms with van der Waals surface area (Å²) < 4.78 is 26.0. The van der Waals surface area contributed by atoms with E-state index in [-0.39, 0.29) is 11.6 Å². The zero-order valence-electron chi connectivity index (χ0n) is 9.08. The average molecular weight is 253 g/mol. The molecule has 0 bridgehead atoms. The first-order valence-electron chi connectivity index (χ1n) is 4.86. The lowest BCUT2D eigenvalue weighted by atomic mass is 10.4. The summed E-state index contributed by atoms with van der Waals surface area (Å²) in [5.41, 5.74) is 0.548. The van der Waals surface area contributed by atoms with E-state index in [1.807, 2.05) is 0 Å². The molecule has 0 amide bonds. The van der Waals surface area contributed by atoms with Gasteiger partial charge in [-0.1, -0.05) is 0 Å². The smallest absolute Gasteiger partial charge is 0.257 e. The van der Waals surface area contributed by atoms with E-state index in [2.05, 4.69) is 24.9 Å². The molecule has 0 saturated heterocycles. The van der Waals surface area contributed by atoms with Crippen LogP contribution in [0.15, 0.2) is 29.6 Å². The monoisotopic (exact) mass is 253 g/mol. The summed E-state index contributed by atoms with van der Waals surface area (Å²) in [7, 11) is -3.57. The molecule has 0 radical (unpaired) electrons. The Labute approximate surface area is 98.4 Å². The molecule has 0 aliphatic carbocycles. The van der Waals surface area contributed by atoms with Crippen molar-refractivity contribution in [2.45, 2.75) is 18.5 Å². The molecular formula is C9H11N5O2S. The number of aromatic nitrogens is 4. The molecule has 2 N–H and O–H groups in total. The summed E-state index contributed by atoms with van der Waals surface area (Å²) in [5.74, 6) is 0.546. The summed E-state index contributed by atoms with van der Waals surface area (Å²) in [6.07, 6.45) is 2.80. The highest BCUT2D eigenvalue weighted by atomic mass is 32.2. The van der Waals surface area contributed by atoms with Crippen LogP contribution in [0.3, 0.4) is 0 Å². The minimum Gasteiger partial charge on any atom is -0.332 e. The zero-order valence-corrected chi connectivity index (χ0v) is 9.90. The van der Waals surface area contributed by atoms with Gasteiger partial charge in [0.05, 0.1) is 18.4 Å². The van der Waals surface area contributed by atoms with Gasteiger partial charge in [0, 0.05) is 6.20 Å². The van der Waals surface area contributed by atoms with Gasteiger partial charge in [-0.25, -0.2) is 18.1 Å². The van der Waals surface area contributed by atoms with E-state index in [1.54, 1.807) is 19.1 Å². The van der Waals surface area contributed by atoms with Gasteiger partial charge in [0.15, 0.2) is 5.03 Å². The first-order chi connectivity index (χ1) is 8.08. The summed E-state index contributed by atoms with van der Waals surface area (Å²) >= 11 is 0. The SMILES string of the molecule is Cc1ncc(S(=O)(=O)NCc2cccnn2)[nH]1. The average Bonchev–Trinajstić information content (AvgIpc) is 2.76. The van der Waals surface area contributed by atoms with Crippen molar-refractivity contribution < 1.29 is 8.42 Å². The Balaban J connectivity index is 2.09. The standard InChI is InChI=1S/C9H11N5O2S/c1-7-10-6-9(13-7)17(15,16)12-5-8-3-2-4-11-14-8/h2-4,6,12H,5H2,1H3,(H,10,13). The van der Waals surface area contributed by atoms with Crippen LogP contribution in [0.1, 0.15) is 11.5 Å². The van der Waals surface area contributed by atoms with Crippen molar-refractivity contribution in [2.24, 2.45) is 0 Å². The molecule has 7 nitrogen and oxygen atoms in total.